The minimum absolute atomic E-state index is 0.0999. The molecule has 2 N–H and O–H groups in total. The maximum atomic E-state index is 12.5. The van der Waals surface area contributed by atoms with Gasteiger partial charge in [0, 0.05) is 25.2 Å². The predicted molar refractivity (Wildman–Crippen MR) is 85.5 cm³/mol. The Kier molecular flexibility index (Phi) is 4.85. The molecule has 5 heteroatoms. The van der Waals surface area contributed by atoms with Gasteiger partial charge in [-0.3, -0.25) is 9.89 Å². The van der Waals surface area contributed by atoms with E-state index in [0.29, 0.717) is 13.0 Å². The van der Waals surface area contributed by atoms with Crippen molar-refractivity contribution >= 4 is 5.91 Å². The quantitative estimate of drug-likeness (QED) is 0.891. The Labute approximate surface area is 131 Å². The maximum absolute atomic E-state index is 12.5. The highest BCUT2D eigenvalue weighted by Gasteiger charge is 2.20. The van der Waals surface area contributed by atoms with Crippen molar-refractivity contribution in [2.75, 3.05) is 7.05 Å². The van der Waals surface area contributed by atoms with Crippen molar-refractivity contribution in [3.8, 4) is 5.75 Å². The van der Waals surface area contributed by atoms with Gasteiger partial charge in [-0.05, 0) is 43.5 Å². The zero-order valence-corrected chi connectivity index (χ0v) is 13.6. The van der Waals surface area contributed by atoms with Crippen LogP contribution in [-0.4, -0.2) is 33.2 Å². The second-order valence-corrected chi connectivity index (χ2v) is 5.88. The van der Waals surface area contributed by atoms with E-state index in [0.717, 1.165) is 22.5 Å². The summed E-state index contributed by atoms with van der Waals surface area (Å²) in [6.45, 7) is 6.41. The number of carbonyl (C=O) groups excluding carboxylic acids is 1. The van der Waals surface area contributed by atoms with Crippen LogP contribution in [0.25, 0.3) is 0 Å². The second-order valence-electron chi connectivity index (χ2n) is 5.88. The van der Waals surface area contributed by atoms with Crippen LogP contribution < -0.4 is 0 Å². The largest absolute Gasteiger partial charge is 0.508 e. The molecular formula is C17H23N3O2. The fourth-order valence-electron chi connectivity index (χ4n) is 2.60. The van der Waals surface area contributed by atoms with E-state index in [1.807, 2.05) is 32.9 Å². The lowest BCUT2D eigenvalue weighted by Gasteiger charge is -2.21. The molecule has 5 nitrogen and oxygen atoms in total. The summed E-state index contributed by atoms with van der Waals surface area (Å²) in [4.78, 5) is 14.2. The van der Waals surface area contributed by atoms with Gasteiger partial charge in [-0.1, -0.05) is 19.1 Å². The van der Waals surface area contributed by atoms with Crippen molar-refractivity contribution in [3.63, 3.8) is 0 Å². The third-order valence-electron chi connectivity index (χ3n) is 3.94. The summed E-state index contributed by atoms with van der Waals surface area (Å²) in [6, 6.07) is 6.92. The maximum Gasteiger partial charge on any atom is 0.225 e. The Balaban J connectivity index is 1.99. The molecule has 118 valence electrons. The van der Waals surface area contributed by atoms with Gasteiger partial charge in [0.1, 0.15) is 5.75 Å². The SMILES string of the molecule is Cc1n[nH]c(C)c1CC(C)C(=O)N(C)Cc1ccc(O)cc1. The van der Waals surface area contributed by atoms with Gasteiger partial charge in [-0.25, -0.2) is 0 Å². The third kappa shape index (κ3) is 3.67. The highest BCUT2D eigenvalue weighted by atomic mass is 16.3. The Bertz CT molecular complexity index is 627. The molecule has 0 bridgehead atoms. The smallest absolute Gasteiger partial charge is 0.225 e. The molecule has 1 atom stereocenters. The highest BCUT2D eigenvalue weighted by Crippen LogP contribution is 2.18. The summed E-state index contributed by atoms with van der Waals surface area (Å²) in [5.74, 6) is 0.238. The number of benzene rings is 1. The number of rotatable bonds is 5. The molecule has 1 aromatic carbocycles. The predicted octanol–water partition coefficient (Wildman–Crippen LogP) is 2.57. The molecule has 2 rings (SSSR count). The minimum atomic E-state index is -0.0999. The molecule has 2 aromatic rings. The Morgan fingerprint density at radius 3 is 2.50 bits per heavy atom. The average Bonchev–Trinajstić information content (AvgIpc) is 2.80. The molecule has 1 aromatic heterocycles. The fraction of sp³-hybridized carbons (Fsp3) is 0.412. The Morgan fingerprint density at radius 2 is 1.95 bits per heavy atom. The van der Waals surface area contributed by atoms with Gasteiger partial charge < -0.3 is 10.0 Å². The van der Waals surface area contributed by atoms with E-state index >= 15 is 0 Å². The van der Waals surface area contributed by atoms with Crippen LogP contribution in [0.15, 0.2) is 24.3 Å². The molecule has 0 aliphatic heterocycles. The van der Waals surface area contributed by atoms with Crippen molar-refractivity contribution in [2.24, 2.45) is 5.92 Å². The zero-order chi connectivity index (χ0) is 16.3. The number of amides is 1. The van der Waals surface area contributed by atoms with E-state index in [1.165, 1.54) is 0 Å². The number of nitrogens with zero attached hydrogens (tertiary/aromatic N) is 2. The van der Waals surface area contributed by atoms with Crippen molar-refractivity contribution in [1.82, 2.24) is 15.1 Å². The number of aryl methyl sites for hydroxylation is 2. The van der Waals surface area contributed by atoms with Crippen molar-refractivity contribution in [2.45, 2.75) is 33.7 Å². The first-order valence-electron chi connectivity index (χ1n) is 7.41. The van der Waals surface area contributed by atoms with Gasteiger partial charge in [0.05, 0.1) is 5.69 Å². The Hall–Kier alpha value is -2.30. The first kappa shape index (κ1) is 16.1. The van der Waals surface area contributed by atoms with E-state index in [-0.39, 0.29) is 17.6 Å². The topological polar surface area (TPSA) is 69.2 Å². The number of hydrogen-bond donors (Lipinski definition) is 2. The zero-order valence-electron chi connectivity index (χ0n) is 13.6. The normalized spacial score (nSPS) is 12.2. The third-order valence-corrected chi connectivity index (χ3v) is 3.94. The number of aromatic hydroxyl groups is 1. The lowest BCUT2D eigenvalue weighted by Crippen LogP contribution is -2.32. The van der Waals surface area contributed by atoms with Crippen LogP contribution in [0.4, 0.5) is 0 Å². The van der Waals surface area contributed by atoms with Gasteiger partial charge in [-0.15, -0.1) is 0 Å². The highest BCUT2D eigenvalue weighted by molar-refractivity contribution is 5.78. The van der Waals surface area contributed by atoms with Gasteiger partial charge >= 0.3 is 0 Å². The van der Waals surface area contributed by atoms with Crippen molar-refractivity contribution in [1.29, 1.82) is 0 Å². The fourth-order valence-corrected chi connectivity index (χ4v) is 2.60. The summed E-state index contributed by atoms with van der Waals surface area (Å²) in [6.07, 6.45) is 0.687. The summed E-state index contributed by atoms with van der Waals surface area (Å²) in [7, 11) is 1.81. The molecule has 0 fully saturated rings. The van der Waals surface area contributed by atoms with Crippen molar-refractivity contribution < 1.29 is 9.90 Å². The van der Waals surface area contributed by atoms with Crippen LogP contribution in [0.2, 0.25) is 0 Å². The van der Waals surface area contributed by atoms with Crippen LogP contribution in [0.1, 0.15) is 29.4 Å². The number of phenolic OH excluding ortho intramolecular Hbond substituents is 1. The summed E-state index contributed by atoms with van der Waals surface area (Å²) in [5.41, 5.74) is 4.10. The number of nitrogens with one attached hydrogen (secondary N) is 1. The van der Waals surface area contributed by atoms with Crippen LogP contribution in [0, 0.1) is 19.8 Å². The molecule has 1 amide bonds. The molecule has 1 unspecified atom stereocenters. The second kappa shape index (κ2) is 6.64. The van der Waals surface area contributed by atoms with Crippen LogP contribution in [-0.2, 0) is 17.8 Å². The summed E-state index contributed by atoms with van der Waals surface area (Å²) in [5, 5.41) is 16.4. The average molecular weight is 301 g/mol. The molecule has 0 spiro atoms. The number of aromatic amines is 1. The van der Waals surface area contributed by atoms with E-state index in [9.17, 15) is 9.90 Å². The first-order valence-corrected chi connectivity index (χ1v) is 7.41. The van der Waals surface area contributed by atoms with Gasteiger partial charge in [0.25, 0.3) is 0 Å². The molecule has 0 aliphatic rings. The number of carbonyl (C=O) groups is 1. The summed E-state index contributed by atoms with van der Waals surface area (Å²) < 4.78 is 0. The molecule has 0 saturated carbocycles. The van der Waals surface area contributed by atoms with E-state index in [2.05, 4.69) is 10.2 Å². The Morgan fingerprint density at radius 1 is 1.32 bits per heavy atom. The van der Waals surface area contributed by atoms with Gasteiger partial charge in [-0.2, -0.15) is 5.10 Å². The lowest BCUT2D eigenvalue weighted by atomic mass is 9.98. The van der Waals surface area contributed by atoms with Crippen LogP contribution >= 0.6 is 0 Å². The van der Waals surface area contributed by atoms with E-state index in [1.54, 1.807) is 24.1 Å². The molecule has 0 radical (unpaired) electrons. The lowest BCUT2D eigenvalue weighted by molar-refractivity contribution is -0.134. The van der Waals surface area contributed by atoms with Gasteiger partial charge in [0.2, 0.25) is 5.91 Å². The monoisotopic (exact) mass is 301 g/mol. The van der Waals surface area contributed by atoms with Crippen molar-refractivity contribution in [3.05, 3.63) is 46.8 Å². The minimum Gasteiger partial charge on any atom is -0.508 e. The number of H-pyrrole nitrogens is 1. The molecule has 0 saturated heterocycles. The van der Waals surface area contributed by atoms with Crippen LogP contribution in [0.3, 0.4) is 0 Å². The number of hydrogen-bond acceptors (Lipinski definition) is 3. The van der Waals surface area contributed by atoms with E-state index < -0.39 is 0 Å². The van der Waals surface area contributed by atoms with E-state index in [4.69, 9.17) is 0 Å². The number of phenols is 1. The van der Waals surface area contributed by atoms with Gasteiger partial charge in [0.15, 0.2) is 0 Å². The number of aromatic nitrogens is 2. The summed E-state index contributed by atoms with van der Waals surface area (Å²) >= 11 is 0. The molecular weight excluding hydrogens is 278 g/mol. The first-order chi connectivity index (χ1) is 10.4. The molecule has 22 heavy (non-hydrogen) atoms. The molecule has 0 aliphatic carbocycles. The standard InChI is InChI=1S/C17H23N3O2/c1-11(9-16-12(2)18-19-13(16)3)17(22)20(4)10-14-5-7-15(21)8-6-14/h5-8,11,21H,9-10H2,1-4H3,(H,18,19). The van der Waals surface area contributed by atoms with Crippen LogP contribution in [0.5, 0.6) is 5.75 Å². The molecule has 1 heterocycles.